The van der Waals surface area contributed by atoms with Crippen LogP contribution in [0, 0.1) is 10.1 Å². The fourth-order valence-corrected chi connectivity index (χ4v) is 2.98. The molecule has 7 nitrogen and oxygen atoms in total. The average molecular weight is 336 g/mol. The Morgan fingerprint density at radius 3 is 2.55 bits per heavy atom. The van der Waals surface area contributed by atoms with Crippen molar-refractivity contribution in [1.29, 1.82) is 0 Å². The van der Waals surface area contributed by atoms with Gasteiger partial charge >= 0.3 is 11.0 Å². The van der Waals surface area contributed by atoms with Gasteiger partial charge in [0, 0.05) is 11.6 Å². The number of carboxylic acid groups (broad SMARTS) is 1. The summed E-state index contributed by atoms with van der Waals surface area (Å²) < 4.78 is 0. The maximum absolute atomic E-state index is 10.8. The van der Waals surface area contributed by atoms with Crippen LogP contribution in [-0.4, -0.2) is 26.0 Å². The van der Waals surface area contributed by atoms with Gasteiger partial charge in [-0.3, -0.25) is 10.1 Å². The van der Waals surface area contributed by atoms with Crippen molar-refractivity contribution < 1.29 is 14.8 Å². The van der Waals surface area contributed by atoms with Crippen LogP contribution in [0.25, 0.3) is 21.6 Å². The first-order chi connectivity index (χ1) is 10.5. The minimum atomic E-state index is -1.03. The third kappa shape index (κ3) is 2.49. The number of aromatic carboxylic acids is 1. The van der Waals surface area contributed by atoms with Crippen molar-refractivity contribution in [2.45, 2.75) is 0 Å². The van der Waals surface area contributed by atoms with E-state index >= 15 is 0 Å². The van der Waals surface area contributed by atoms with Gasteiger partial charge in [0.2, 0.25) is 0 Å². The van der Waals surface area contributed by atoms with Crippen LogP contribution in [0.5, 0.6) is 0 Å². The van der Waals surface area contributed by atoms with Crippen molar-refractivity contribution >= 4 is 44.1 Å². The predicted octanol–water partition coefficient (Wildman–Crippen LogP) is 3.62. The lowest BCUT2D eigenvalue weighted by Gasteiger charge is -2.02. The molecule has 0 spiro atoms. The molecule has 0 aliphatic carbocycles. The van der Waals surface area contributed by atoms with Crippen molar-refractivity contribution in [2.75, 3.05) is 0 Å². The fourth-order valence-electron chi connectivity index (χ4n) is 1.85. The van der Waals surface area contributed by atoms with E-state index in [2.05, 4.69) is 9.97 Å². The molecule has 0 radical (unpaired) electrons. The lowest BCUT2D eigenvalue weighted by Crippen LogP contribution is -1.96. The molecule has 1 aromatic carbocycles. The fraction of sp³-hybridized carbons (Fsp3) is 0. The molecule has 2 aromatic heterocycles. The number of halogens is 1. The van der Waals surface area contributed by atoms with Crippen LogP contribution in [0.4, 0.5) is 5.00 Å². The second-order valence-electron chi connectivity index (χ2n) is 4.28. The van der Waals surface area contributed by atoms with Crippen LogP contribution in [0.2, 0.25) is 5.15 Å². The molecule has 22 heavy (non-hydrogen) atoms. The molecule has 0 aliphatic heterocycles. The van der Waals surface area contributed by atoms with Gasteiger partial charge in [-0.15, -0.1) is 0 Å². The first kappa shape index (κ1) is 14.4. The van der Waals surface area contributed by atoms with Crippen LogP contribution in [0.15, 0.2) is 30.3 Å². The Kier molecular flexibility index (Phi) is 3.47. The van der Waals surface area contributed by atoms with E-state index in [1.807, 2.05) is 0 Å². The summed E-state index contributed by atoms with van der Waals surface area (Å²) in [4.78, 5) is 29.9. The van der Waals surface area contributed by atoms with Crippen LogP contribution in [-0.2, 0) is 0 Å². The molecule has 0 saturated carbocycles. The van der Waals surface area contributed by atoms with E-state index in [0.717, 1.165) is 11.3 Å². The van der Waals surface area contributed by atoms with E-state index in [-0.39, 0.29) is 21.5 Å². The smallest absolute Gasteiger partial charge is 0.335 e. The summed E-state index contributed by atoms with van der Waals surface area (Å²) in [6, 6.07) is 7.30. The standard InChI is InChI=1S/C13H6ClN3O4S/c14-10-8-5-9(17(20)21)22-12(8)16-11(15-10)6-1-3-7(4-2-6)13(18)19/h1-5H,(H,18,19). The molecular weight excluding hydrogens is 330 g/mol. The van der Waals surface area contributed by atoms with Crippen LogP contribution >= 0.6 is 22.9 Å². The number of carbonyl (C=O) groups is 1. The van der Waals surface area contributed by atoms with Gasteiger partial charge in [0.05, 0.1) is 15.9 Å². The minimum absolute atomic E-state index is 0.0652. The number of benzene rings is 1. The molecular formula is C13H6ClN3O4S. The summed E-state index contributed by atoms with van der Waals surface area (Å²) in [5.41, 5.74) is 0.715. The molecule has 0 atom stereocenters. The van der Waals surface area contributed by atoms with Crippen molar-refractivity contribution in [2.24, 2.45) is 0 Å². The number of fused-ring (bicyclic) bond motifs is 1. The Hall–Kier alpha value is -2.58. The molecule has 2 heterocycles. The third-order valence-electron chi connectivity index (χ3n) is 2.90. The quantitative estimate of drug-likeness (QED) is 0.445. The Morgan fingerprint density at radius 1 is 1.27 bits per heavy atom. The number of carboxylic acids is 1. The summed E-state index contributed by atoms with van der Waals surface area (Å²) in [6.45, 7) is 0. The van der Waals surface area contributed by atoms with E-state index in [0.29, 0.717) is 15.8 Å². The number of nitro groups is 1. The molecule has 1 N–H and O–H groups in total. The topological polar surface area (TPSA) is 106 Å². The number of nitrogens with zero attached hydrogens (tertiary/aromatic N) is 3. The Labute approximate surface area is 132 Å². The first-order valence-electron chi connectivity index (χ1n) is 5.91. The Bertz CT molecular complexity index is 908. The predicted molar refractivity (Wildman–Crippen MR) is 81.5 cm³/mol. The zero-order valence-electron chi connectivity index (χ0n) is 10.7. The van der Waals surface area contributed by atoms with Gasteiger partial charge in [-0.05, 0) is 23.5 Å². The van der Waals surface area contributed by atoms with Gasteiger partial charge in [0.1, 0.15) is 9.98 Å². The normalized spacial score (nSPS) is 10.8. The molecule has 0 saturated heterocycles. The molecule has 9 heteroatoms. The van der Waals surface area contributed by atoms with E-state index < -0.39 is 10.9 Å². The molecule has 0 bridgehead atoms. The van der Waals surface area contributed by atoms with Gasteiger partial charge in [0.25, 0.3) is 0 Å². The average Bonchev–Trinajstić information content (AvgIpc) is 2.92. The largest absolute Gasteiger partial charge is 0.478 e. The summed E-state index contributed by atoms with van der Waals surface area (Å²) in [5, 5.41) is 20.2. The molecule has 0 fully saturated rings. The number of aromatic nitrogens is 2. The monoisotopic (exact) mass is 335 g/mol. The van der Waals surface area contributed by atoms with Crippen molar-refractivity contribution in [3.63, 3.8) is 0 Å². The molecule has 3 aromatic rings. The van der Waals surface area contributed by atoms with Gasteiger partial charge < -0.3 is 5.11 Å². The van der Waals surface area contributed by atoms with Crippen molar-refractivity contribution in [3.05, 3.63) is 51.2 Å². The summed E-state index contributed by atoms with van der Waals surface area (Å²) in [5.74, 6) is -0.749. The summed E-state index contributed by atoms with van der Waals surface area (Å²) in [6.07, 6.45) is 0. The van der Waals surface area contributed by atoms with Gasteiger partial charge in [-0.1, -0.05) is 23.7 Å². The highest BCUT2D eigenvalue weighted by Gasteiger charge is 2.17. The van der Waals surface area contributed by atoms with Crippen LogP contribution < -0.4 is 0 Å². The molecule has 3 rings (SSSR count). The number of thiophene rings is 1. The zero-order valence-corrected chi connectivity index (χ0v) is 12.3. The molecule has 110 valence electrons. The maximum atomic E-state index is 10.8. The molecule has 0 aliphatic rings. The maximum Gasteiger partial charge on any atom is 0.335 e. The lowest BCUT2D eigenvalue weighted by atomic mass is 10.1. The Balaban J connectivity index is 2.11. The van der Waals surface area contributed by atoms with E-state index in [1.54, 1.807) is 12.1 Å². The van der Waals surface area contributed by atoms with Gasteiger partial charge in [0.15, 0.2) is 5.82 Å². The summed E-state index contributed by atoms with van der Waals surface area (Å²) >= 11 is 6.96. The van der Waals surface area contributed by atoms with Gasteiger partial charge in [-0.2, -0.15) is 0 Å². The first-order valence-corrected chi connectivity index (χ1v) is 7.10. The number of hydrogen-bond donors (Lipinski definition) is 1. The highest BCUT2D eigenvalue weighted by molar-refractivity contribution is 7.21. The SMILES string of the molecule is O=C(O)c1ccc(-c2nc(Cl)c3cc([N+](=O)[O-])sc3n2)cc1. The second kappa shape index (κ2) is 5.32. The lowest BCUT2D eigenvalue weighted by molar-refractivity contribution is -0.380. The zero-order chi connectivity index (χ0) is 15.9. The van der Waals surface area contributed by atoms with E-state index in [1.165, 1.54) is 18.2 Å². The van der Waals surface area contributed by atoms with Crippen LogP contribution in [0.3, 0.4) is 0 Å². The van der Waals surface area contributed by atoms with Crippen LogP contribution in [0.1, 0.15) is 10.4 Å². The highest BCUT2D eigenvalue weighted by atomic mass is 35.5. The van der Waals surface area contributed by atoms with Crippen molar-refractivity contribution in [3.8, 4) is 11.4 Å². The summed E-state index contributed by atoms with van der Waals surface area (Å²) in [7, 11) is 0. The molecule has 0 unspecified atom stereocenters. The third-order valence-corrected chi connectivity index (χ3v) is 4.17. The van der Waals surface area contributed by atoms with Crippen molar-refractivity contribution in [1.82, 2.24) is 9.97 Å². The second-order valence-corrected chi connectivity index (χ2v) is 5.65. The minimum Gasteiger partial charge on any atom is -0.478 e. The van der Waals surface area contributed by atoms with E-state index in [4.69, 9.17) is 16.7 Å². The van der Waals surface area contributed by atoms with E-state index in [9.17, 15) is 14.9 Å². The molecule has 0 amide bonds. The number of rotatable bonds is 3. The highest BCUT2D eigenvalue weighted by Crippen LogP contribution is 2.34. The number of hydrogen-bond acceptors (Lipinski definition) is 6. The Morgan fingerprint density at radius 2 is 1.95 bits per heavy atom. The van der Waals surface area contributed by atoms with Gasteiger partial charge in [-0.25, -0.2) is 14.8 Å².